The first-order valence-electron chi connectivity index (χ1n) is 9.35. The molecule has 0 fully saturated rings. The first-order chi connectivity index (χ1) is 15.1. The molecular weight excluding hydrogens is 425 g/mol. The van der Waals surface area contributed by atoms with Gasteiger partial charge in [0.05, 0.1) is 11.1 Å². The normalized spacial score (nSPS) is 11.5. The maximum absolute atomic E-state index is 12.7. The molecule has 0 unspecified atom stereocenters. The fourth-order valence-corrected chi connectivity index (χ4v) is 3.15. The third-order valence-corrected chi connectivity index (χ3v) is 4.85. The van der Waals surface area contributed by atoms with Gasteiger partial charge in [0.1, 0.15) is 5.52 Å². The number of anilines is 1. The molecule has 0 saturated heterocycles. The fraction of sp³-hybridized carbons (Fsp3) is 0.0909. The van der Waals surface area contributed by atoms with Gasteiger partial charge in [0, 0.05) is 38.6 Å². The highest BCUT2D eigenvalue weighted by Crippen LogP contribution is 2.30. The van der Waals surface area contributed by atoms with Gasteiger partial charge in [-0.2, -0.15) is 17.9 Å². The van der Waals surface area contributed by atoms with Crippen LogP contribution in [0, 0.1) is 4.91 Å². The van der Waals surface area contributed by atoms with E-state index < -0.39 is 17.6 Å². The molecule has 0 aliphatic carbocycles. The summed E-state index contributed by atoms with van der Waals surface area (Å²) in [5, 5.41) is 13.1. The average Bonchev–Trinajstić information content (AvgIpc) is 3.09. The highest BCUT2D eigenvalue weighted by molar-refractivity contribution is 6.04. The van der Waals surface area contributed by atoms with E-state index in [1.165, 1.54) is 13.1 Å². The Morgan fingerprint density at radius 1 is 1.03 bits per heavy atom. The SMILES string of the molecule is C[N+](=O)c1ccc2nc(-c3ccc(NC(=O)c4ccc(C(F)(F)F)cc4)cc3)n(O)c2c1. The molecule has 0 atom stereocenters. The molecule has 4 rings (SSSR count). The Morgan fingerprint density at radius 3 is 2.28 bits per heavy atom. The number of imidazole rings is 1. The van der Waals surface area contributed by atoms with Crippen LogP contribution in [-0.4, -0.2) is 32.6 Å². The zero-order chi connectivity index (χ0) is 23.0. The number of halogens is 3. The summed E-state index contributed by atoms with van der Waals surface area (Å²) in [6.07, 6.45) is -4.47. The number of benzene rings is 3. The monoisotopic (exact) mass is 441 g/mol. The van der Waals surface area contributed by atoms with Crippen molar-refractivity contribution < 1.29 is 27.9 Å². The van der Waals surface area contributed by atoms with Gasteiger partial charge >= 0.3 is 6.18 Å². The van der Waals surface area contributed by atoms with Crippen molar-refractivity contribution in [1.29, 1.82) is 0 Å². The lowest BCUT2D eigenvalue weighted by molar-refractivity contribution is -0.428. The topological polar surface area (TPSA) is 87.2 Å². The second-order valence-electron chi connectivity index (χ2n) is 7.02. The molecule has 1 heterocycles. The minimum Gasteiger partial charge on any atom is -0.426 e. The summed E-state index contributed by atoms with van der Waals surface area (Å²) in [7, 11) is 1.35. The molecule has 1 aromatic heterocycles. The molecule has 3 aromatic carbocycles. The maximum Gasteiger partial charge on any atom is 0.416 e. The minimum absolute atomic E-state index is 0.0818. The number of rotatable bonds is 4. The van der Waals surface area contributed by atoms with E-state index in [2.05, 4.69) is 10.3 Å². The number of nitrogens with one attached hydrogen (secondary N) is 1. The molecule has 32 heavy (non-hydrogen) atoms. The van der Waals surface area contributed by atoms with Crippen LogP contribution < -0.4 is 5.32 Å². The average molecular weight is 441 g/mol. The number of nitrogens with zero attached hydrogens (tertiary/aromatic N) is 3. The van der Waals surface area contributed by atoms with Gasteiger partial charge in [-0.1, -0.05) is 0 Å². The van der Waals surface area contributed by atoms with E-state index in [1.807, 2.05) is 0 Å². The molecule has 0 saturated carbocycles. The number of fused-ring (bicyclic) bond motifs is 1. The van der Waals surface area contributed by atoms with E-state index in [-0.39, 0.29) is 11.4 Å². The second kappa shape index (κ2) is 7.80. The van der Waals surface area contributed by atoms with Crippen LogP contribution >= 0.6 is 0 Å². The molecule has 0 spiro atoms. The lowest BCUT2D eigenvalue weighted by atomic mass is 10.1. The summed E-state index contributed by atoms with van der Waals surface area (Å²) in [5.74, 6) is -0.318. The highest BCUT2D eigenvalue weighted by Gasteiger charge is 2.30. The largest absolute Gasteiger partial charge is 0.426 e. The van der Waals surface area contributed by atoms with E-state index in [0.29, 0.717) is 32.7 Å². The predicted molar refractivity (Wildman–Crippen MR) is 111 cm³/mol. The van der Waals surface area contributed by atoms with Crippen molar-refractivity contribution in [3.05, 3.63) is 82.8 Å². The molecule has 10 heteroatoms. The van der Waals surface area contributed by atoms with Crippen molar-refractivity contribution in [3.63, 3.8) is 0 Å². The number of alkyl halides is 3. The van der Waals surface area contributed by atoms with Gasteiger partial charge in [-0.25, -0.2) is 4.98 Å². The number of hydrogen-bond donors (Lipinski definition) is 2. The molecule has 0 aliphatic heterocycles. The third kappa shape index (κ3) is 4.02. The number of carbonyl (C=O) groups excluding carboxylic acids is 1. The van der Waals surface area contributed by atoms with Gasteiger partial charge < -0.3 is 10.5 Å². The Hall–Kier alpha value is -4.21. The molecule has 0 bridgehead atoms. The smallest absolute Gasteiger partial charge is 0.416 e. The molecule has 162 valence electrons. The van der Waals surface area contributed by atoms with Gasteiger partial charge in [-0.3, -0.25) is 4.79 Å². The van der Waals surface area contributed by atoms with Gasteiger partial charge in [0.25, 0.3) is 11.6 Å². The number of amides is 1. The summed E-state index contributed by atoms with van der Waals surface area (Å²) in [4.78, 5) is 28.2. The summed E-state index contributed by atoms with van der Waals surface area (Å²) < 4.78 is 39.5. The Labute approximate surface area is 179 Å². The quantitative estimate of drug-likeness (QED) is 0.334. The van der Waals surface area contributed by atoms with E-state index in [4.69, 9.17) is 0 Å². The van der Waals surface area contributed by atoms with Crippen LogP contribution in [0.2, 0.25) is 0 Å². The molecule has 7 nitrogen and oxygen atoms in total. The van der Waals surface area contributed by atoms with Crippen molar-refractivity contribution in [2.24, 2.45) is 0 Å². The van der Waals surface area contributed by atoms with Crippen LogP contribution in [0.4, 0.5) is 24.5 Å². The highest BCUT2D eigenvalue weighted by atomic mass is 19.4. The number of aromatic nitrogens is 2. The van der Waals surface area contributed by atoms with Crippen LogP contribution in [0.1, 0.15) is 15.9 Å². The Morgan fingerprint density at radius 2 is 1.69 bits per heavy atom. The van der Waals surface area contributed by atoms with Gasteiger partial charge in [-0.05, 0) is 54.6 Å². The van der Waals surface area contributed by atoms with Crippen LogP contribution in [0.5, 0.6) is 0 Å². The van der Waals surface area contributed by atoms with Gasteiger partial charge in [0.15, 0.2) is 12.9 Å². The fourth-order valence-electron chi connectivity index (χ4n) is 3.15. The van der Waals surface area contributed by atoms with Crippen LogP contribution in [0.3, 0.4) is 0 Å². The van der Waals surface area contributed by atoms with E-state index in [0.717, 1.165) is 29.0 Å². The lowest BCUT2D eigenvalue weighted by Crippen LogP contribution is -2.12. The van der Waals surface area contributed by atoms with Crippen molar-refractivity contribution >= 4 is 28.3 Å². The molecular formula is C22H16F3N4O3+. The zero-order valence-corrected chi connectivity index (χ0v) is 16.6. The van der Waals surface area contributed by atoms with Gasteiger partial charge in [0.2, 0.25) is 0 Å². The molecule has 4 aromatic rings. The first-order valence-corrected chi connectivity index (χ1v) is 9.35. The van der Waals surface area contributed by atoms with E-state index in [1.54, 1.807) is 36.4 Å². The van der Waals surface area contributed by atoms with Crippen molar-refractivity contribution in [3.8, 4) is 11.4 Å². The summed E-state index contributed by atoms with van der Waals surface area (Å²) in [6.45, 7) is 0. The summed E-state index contributed by atoms with van der Waals surface area (Å²) >= 11 is 0. The molecule has 1 amide bonds. The van der Waals surface area contributed by atoms with Crippen molar-refractivity contribution in [2.75, 3.05) is 12.4 Å². The third-order valence-electron chi connectivity index (χ3n) is 4.85. The molecule has 0 radical (unpaired) electrons. The standard InChI is InChI=1S/C22H15F3N4O3/c1-28(31)17-10-11-18-19(12-17)29(32)20(27-18)13-4-8-16(9-5-13)26-21(30)14-2-6-15(7-3-14)22(23,24)25/h2-12H,1H3,(H-,26,27,30,31,32)/p+1. The summed E-state index contributed by atoms with van der Waals surface area (Å²) in [6, 6.07) is 15.0. The van der Waals surface area contributed by atoms with Crippen LogP contribution in [0.15, 0.2) is 66.7 Å². The van der Waals surface area contributed by atoms with E-state index in [9.17, 15) is 28.1 Å². The Kier molecular flexibility index (Phi) is 5.13. The molecule has 0 aliphatic rings. The maximum atomic E-state index is 12.7. The number of carbonyl (C=O) groups is 1. The van der Waals surface area contributed by atoms with Gasteiger partial charge in [-0.15, -0.1) is 0 Å². The van der Waals surface area contributed by atoms with E-state index >= 15 is 0 Å². The van der Waals surface area contributed by atoms with Crippen LogP contribution in [-0.2, 0) is 6.18 Å². The minimum atomic E-state index is -4.47. The Balaban J connectivity index is 1.54. The first kappa shape index (κ1) is 21.0. The number of nitroso groups, excluding NO2 is 1. The van der Waals surface area contributed by atoms with Crippen molar-refractivity contribution in [1.82, 2.24) is 9.71 Å². The van der Waals surface area contributed by atoms with Crippen LogP contribution in [0.25, 0.3) is 22.4 Å². The zero-order valence-electron chi connectivity index (χ0n) is 16.6. The Bertz CT molecular complexity index is 1330. The lowest BCUT2D eigenvalue weighted by Gasteiger charge is -2.09. The summed E-state index contributed by atoms with van der Waals surface area (Å²) in [5.41, 5.74) is 1.42. The second-order valence-corrected chi connectivity index (χ2v) is 7.02. The number of hydrogen-bond acceptors (Lipinski definition) is 4. The predicted octanol–water partition coefficient (Wildman–Crippen LogP) is 5.25. The van der Waals surface area contributed by atoms with Crippen molar-refractivity contribution in [2.45, 2.75) is 6.18 Å². The molecule has 2 N–H and O–H groups in total.